The van der Waals surface area contributed by atoms with Crippen LogP contribution in [0.3, 0.4) is 0 Å². The summed E-state index contributed by atoms with van der Waals surface area (Å²) in [6, 6.07) is 9.23. The normalized spacial score (nSPS) is 16.1. The molecule has 0 spiro atoms. The van der Waals surface area contributed by atoms with Crippen LogP contribution in [-0.2, 0) is 9.53 Å². The highest BCUT2D eigenvalue weighted by Crippen LogP contribution is 2.19. The van der Waals surface area contributed by atoms with E-state index in [2.05, 4.69) is 9.98 Å². The van der Waals surface area contributed by atoms with E-state index in [1.807, 2.05) is 0 Å². The Bertz CT molecular complexity index is 724. The largest absolute Gasteiger partial charge is 0.402 e. The van der Waals surface area contributed by atoms with Gasteiger partial charge in [0.15, 0.2) is 5.70 Å². The third-order valence-electron chi connectivity index (χ3n) is 2.70. The van der Waals surface area contributed by atoms with Gasteiger partial charge in [-0.3, -0.25) is 4.98 Å². The fourth-order valence-electron chi connectivity index (χ4n) is 1.77. The molecule has 2 aromatic rings. The van der Waals surface area contributed by atoms with Crippen LogP contribution in [0.5, 0.6) is 0 Å². The Labute approximate surface area is 114 Å². The Balaban J connectivity index is 1.95. The van der Waals surface area contributed by atoms with Gasteiger partial charge in [0.2, 0.25) is 5.90 Å². The predicted molar refractivity (Wildman–Crippen MR) is 71.2 cm³/mol. The first kappa shape index (κ1) is 12.2. The van der Waals surface area contributed by atoms with Crippen molar-refractivity contribution in [1.82, 2.24) is 4.98 Å². The molecule has 0 fully saturated rings. The number of aliphatic imine (C=N–C) groups is 1. The van der Waals surface area contributed by atoms with Gasteiger partial charge in [0, 0.05) is 18.0 Å². The number of nitrogens with zero attached hydrogens (tertiary/aromatic N) is 2. The van der Waals surface area contributed by atoms with Gasteiger partial charge >= 0.3 is 5.97 Å². The highest BCUT2D eigenvalue weighted by atomic mass is 19.1. The molecular weight excluding hydrogens is 259 g/mol. The van der Waals surface area contributed by atoms with E-state index in [9.17, 15) is 9.18 Å². The molecule has 0 aliphatic carbocycles. The summed E-state index contributed by atoms with van der Waals surface area (Å²) in [6.07, 6.45) is 4.82. The van der Waals surface area contributed by atoms with Crippen molar-refractivity contribution in [2.75, 3.05) is 0 Å². The summed E-state index contributed by atoms with van der Waals surface area (Å²) in [4.78, 5) is 19.7. The highest BCUT2D eigenvalue weighted by molar-refractivity contribution is 6.12. The van der Waals surface area contributed by atoms with Gasteiger partial charge < -0.3 is 4.74 Å². The summed E-state index contributed by atoms with van der Waals surface area (Å²) in [5.41, 5.74) is 1.39. The van der Waals surface area contributed by atoms with Gasteiger partial charge in [-0.2, -0.15) is 0 Å². The fourth-order valence-corrected chi connectivity index (χ4v) is 1.77. The van der Waals surface area contributed by atoms with E-state index in [-0.39, 0.29) is 11.6 Å². The third kappa shape index (κ3) is 2.47. The molecule has 0 atom stereocenters. The summed E-state index contributed by atoms with van der Waals surface area (Å²) in [5, 5.41) is 0. The minimum absolute atomic E-state index is 0.106. The first-order chi connectivity index (χ1) is 9.72. The zero-order valence-corrected chi connectivity index (χ0v) is 10.3. The molecule has 20 heavy (non-hydrogen) atoms. The van der Waals surface area contributed by atoms with Gasteiger partial charge in [-0.05, 0) is 42.0 Å². The smallest absolute Gasteiger partial charge is 0.363 e. The molecule has 1 aliphatic rings. The van der Waals surface area contributed by atoms with Crippen molar-refractivity contribution in [2.45, 2.75) is 0 Å². The van der Waals surface area contributed by atoms with Crippen LogP contribution in [-0.4, -0.2) is 16.9 Å². The molecular formula is C15H9FN2O2. The van der Waals surface area contributed by atoms with Gasteiger partial charge in [-0.1, -0.05) is 6.07 Å². The summed E-state index contributed by atoms with van der Waals surface area (Å²) >= 11 is 0. The van der Waals surface area contributed by atoms with Crippen LogP contribution in [0.25, 0.3) is 6.08 Å². The molecule has 1 aromatic heterocycles. The lowest BCUT2D eigenvalue weighted by Gasteiger charge is -1.98. The lowest BCUT2D eigenvalue weighted by atomic mass is 10.2. The van der Waals surface area contributed by atoms with Gasteiger partial charge in [0.25, 0.3) is 0 Å². The van der Waals surface area contributed by atoms with Crippen LogP contribution in [0.15, 0.2) is 59.5 Å². The van der Waals surface area contributed by atoms with Gasteiger partial charge in [0.05, 0.1) is 0 Å². The number of hydrogen-bond donors (Lipinski definition) is 0. The SMILES string of the molecule is O=C1OC(c2cccc(F)c2)=N/C1=C\c1ccncc1. The number of hydrogen-bond acceptors (Lipinski definition) is 4. The molecule has 98 valence electrons. The molecule has 0 amide bonds. The molecule has 2 heterocycles. The van der Waals surface area contributed by atoms with E-state index in [1.165, 1.54) is 18.2 Å². The molecule has 0 bridgehead atoms. The number of benzene rings is 1. The van der Waals surface area contributed by atoms with Crippen LogP contribution in [0.1, 0.15) is 11.1 Å². The standard InChI is InChI=1S/C15H9FN2O2/c16-12-3-1-2-11(9-12)14-18-13(15(19)20-14)8-10-4-6-17-7-5-10/h1-9H/b13-8-. The number of rotatable bonds is 2. The Morgan fingerprint density at radius 2 is 1.95 bits per heavy atom. The van der Waals surface area contributed by atoms with Gasteiger partial charge in [-0.25, -0.2) is 14.2 Å². The van der Waals surface area contributed by atoms with Crippen molar-refractivity contribution in [3.63, 3.8) is 0 Å². The van der Waals surface area contributed by atoms with Crippen molar-refractivity contribution >= 4 is 17.9 Å². The number of ether oxygens (including phenoxy) is 1. The van der Waals surface area contributed by atoms with Crippen molar-refractivity contribution in [2.24, 2.45) is 4.99 Å². The summed E-state index contributed by atoms with van der Waals surface area (Å²) in [5.74, 6) is -0.858. The van der Waals surface area contributed by atoms with Crippen molar-refractivity contribution in [3.05, 3.63) is 71.4 Å². The zero-order chi connectivity index (χ0) is 13.9. The first-order valence-corrected chi connectivity index (χ1v) is 5.91. The third-order valence-corrected chi connectivity index (χ3v) is 2.70. The number of cyclic esters (lactones) is 1. The topological polar surface area (TPSA) is 51.5 Å². The maximum absolute atomic E-state index is 13.1. The fraction of sp³-hybridized carbons (Fsp3) is 0. The monoisotopic (exact) mass is 268 g/mol. The summed E-state index contributed by atoms with van der Waals surface area (Å²) in [6.45, 7) is 0. The molecule has 3 rings (SSSR count). The number of pyridine rings is 1. The number of carbonyl (C=O) groups excluding carboxylic acids is 1. The van der Waals surface area contributed by atoms with E-state index in [4.69, 9.17) is 4.74 Å². The average Bonchev–Trinajstić information content (AvgIpc) is 2.81. The van der Waals surface area contributed by atoms with Crippen molar-refractivity contribution < 1.29 is 13.9 Å². The highest BCUT2D eigenvalue weighted by Gasteiger charge is 2.24. The van der Waals surface area contributed by atoms with Crippen LogP contribution < -0.4 is 0 Å². The lowest BCUT2D eigenvalue weighted by Crippen LogP contribution is -2.05. The summed E-state index contributed by atoms with van der Waals surface area (Å²) < 4.78 is 18.2. The van der Waals surface area contributed by atoms with E-state index in [0.29, 0.717) is 5.56 Å². The Morgan fingerprint density at radius 1 is 1.15 bits per heavy atom. The van der Waals surface area contributed by atoms with Gasteiger partial charge in [0.1, 0.15) is 5.82 Å². The molecule has 0 radical (unpaired) electrons. The molecule has 5 heteroatoms. The number of esters is 1. The zero-order valence-electron chi connectivity index (χ0n) is 10.3. The average molecular weight is 268 g/mol. The lowest BCUT2D eigenvalue weighted by molar-refractivity contribution is -0.129. The van der Waals surface area contributed by atoms with Gasteiger partial charge in [-0.15, -0.1) is 0 Å². The molecule has 0 unspecified atom stereocenters. The first-order valence-electron chi connectivity index (χ1n) is 5.91. The number of aromatic nitrogens is 1. The molecule has 4 nitrogen and oxygen atoms in total. The van der Waals surface area contributed by atoms with Crippen LogP contribution in [0.4, 0.5) is 4.39 Å². The van der Waals surface area contributed by atoms with Crippen LogP contribution >= 0.6 is 0 Å². The molecule has 0 saturated carbocycles. The summed E-state index contributed by atoms with van der Waals surface area (Å²) in [7, 11) is 0. The maximum atomic E-state index is 13.1. The molecule has 0 N–H and O–H groups in total. The van der Waals surface area contributed by atoms with Crippen LogP contribution in [0, 0.1) is 5.82 Å². The minimum atomic E-state index is -0.555. The molecule has 1 aliphatic heterocycles. The second-order valence-corrected chi connectivity index (χ2v) is 4.13. The van der Waals surface area contributed by atoms with Crippen LogP contribution in [0.2, 0.25) is 0 Å². The second kappa shape index (κ2) is 5.05. The molecule has 0 saturated heterocycles. The predicted octanol–water partition coefficient (Wildman–Crippen LogP) is 2.57. The van der Waals surface area contributed by atoms with Crippen molar-refractivity contribution in [1.29, 1.82) is 0 Å². The van der Waals surface area contributed by atoms with Crippen molar-refractivity contribution in [3.8, 4) is 0 Å². The van der Waals surface area contributed by atoms with E-state index in [0.717, 1.165) is 5.56 Å². The van der Waals surface area contributed by atoms with E-state index in [1.54, 1.807) is 36.7 Å². The Morgan fingerprint density at radius 3 is 2.70 bits per heavy atom. The quantitative estimate of drug-likeness (QED) is 0.621. The number of carbonyl (C=O) groups is 1. The number of halogens is 1. The second-order valence-electron chi connectivity index (χ2n) is 4.13. The van der Waals surface area contributed by atoms with E-state index >= 15 is 0 Å². The Kier molecular flexibility index (Phi) is 3.09. The maximum Gasteiger partial charge on any atom is 0.363 e. The minimum Gasteiger partial charge on any atom is -0.402 e. The molecule has 1 aromatic carbocycles. The Hall–Kier alpha value is -2.82. The van der Waals surface area contributed by atoms with E-state index < -0.39 is 11.8 Å².